The van der Waals surface area contributed by atoms with Crippen molar-refractivity contribution in [2.75, 3.05) is 13.1 Å². The summed E-state index contributed by atoms with van der Waals surface area (Å²) in [5, 5.41) is 32.1. The number of carbonyl (C=O) groups is 3. The van der Waals surface area contributed by atoms with Crippen LogP contribution in [0.3, 0.4) is 0 Å². The van der Waals surface area contributed by atoms with Crippen molar-refractivity contribution in [3.05, 3.63) is 85.8 Å². The van der Waals surface area contributed by atoms with E-state index in [1.165, 1.54) is 52.3 Å². The molecule has 2 N–H and O–H groups in total. The number of carbonyl (C=O) groups excluding carboxylic acids is 2. The van der Waals surface area contributed by atoms with Gasteiger partial charge >= 0.3 is 5.97 Å². The van der Waals surface area contributed by atoms with E-state index in [2.05, 4.69) is 4.90 Å². The van der Waals surface area contributed by atoms with Crippen LogP contribution < -0.4 is 0 Å². The molecule has 0 saturated carbocycles. The molecule has 2 fully saturated rings. The SMILES string of the molecule is CC[C@H](O)[C@@H]1C(=O)N2C(C(=O)O)=C(SC3CCN(C(C)C(=O)c4ccccc4)C3)S[C@]12SCc1ccc([N+](=O)[O-])cc1. The number of Topliss-reactive ketones (excluding diaryl/α,β-unsaturated/α-hetero) is 1. The lowest BCUT2D eigenvalue weighted by Gasteiger charge is -2.53. The average Bonchev–Trinajstić information content (AvgIpc) is 3.56. The molecular formula is C29H31N3O7S3. The minimum Gasteiger partial charge on any atom is -0.477 e. The summed E-state index contributed by atoms with van der Waals surface area (Å²) in [6.45, 7) is 4.96. The second-order valence-electron chi connectivity index (χ2n) is 10.4. The molecule has 0 spiro atoms. The Hall–Kier alpha value is -2.84. The largest absolute Gasteiger partial charge is 0.477 e. The number of carboxylic acids is 1. The van der Waals surface area contributed by atoms with Crippen molar-refractivity contribution in [1.82, 2.24) is 9.80 Å². The number of aliphatic carboxylic acids is 1. The molecule has 222 valence electrons. The Bertz CT molecular complexity index is 1420. The molecule has 2 aromatic rings. The second-order valence-corrected chi connectivity index (χ2v) is 14.7. The summed E-state index contributed by atoms with van der Waals surface area (Å²) < 4.78 is -0.522. The maximum atomic E-state index is 13.3. The number of hydrogen-bond acceptors (Lipinski definition) is 10. The number of thioether (sulfide) groups is 3. The summed E-state index contributed by atoms with van der Waals surface area (Å²) in [6, 6.07) is 14.9. The van der Waals surface area contributed by atoms with E-state index in [1.54, 1.807) is 31.2 Å². The van der Waals surface area contributed by atoms with Gasteiger partial charge in [0.1, 0.15) is 5.92 Å². The van der Waals surface area contributed by atoms with E-state index in [1.807, 2.05) is 25.1 Å². The normalized spacial score (nSPS) is 25.2. The van der Waals surface area contributed by atoms with Gasteiger partial charge in [-0.15, -0.1) is 23.5 Å². The Morgan fingerprint density at radius 1 is 1.19 bits per heavy atom. The van der Waals surface area contributed by atoms with Gasteiger partial charge in [0.15, 0.2) is 15.7 Å². The minimum atomic E-state index is -1.21. The topological polar surface area (TPSA) is 141 Å². The van der Waals surface area contributed by atoms with Crippen molar-refractivity contribution < 1.29 is 29.5 Å². The van der Waals surface area contributed by atoms with Crippen molar-refractivity contribution in [3.8, 4) is 0 Å². The number of nitro benzene ring substituents is 1. The molecule has 2 aromatic carbocycles. The highest BCUT2D eigenvalue weighted by Crippen LogP contribution is 2.67. The van der Waals surface area contributed by atoms with Crippen LogP contribution in [0.4, 0.5) is 5.69 Å². The van der Waals surface area contributed by atoms with Gasteiger partial charge in [-0.05, 0) is 25.3 Å². The van der Waals surface area contributed by atoms with Crippen LogP contribution in [0.2, 0.25) is 0 Å². The monoisotopic (exact) mass is 629 g/mol. The molecule has 0 bridgehead atoms. The zero-order valence-corrected chi connectivity index (χ0v) is 25.5. The quantitative estimate of drug-likeness (QED) is 0.145. The number of non-ortho nitro benzene ring substituents is 1. The number of hydrogen-bond donors (Lipinski definition) is 2. The van der Waals surface area contributed by atoms with E-state index >= 15 is 0 Å². The van der Waals surface area contributed by atoms with E-state index < -0.39 is 33.0 Å². The van der Waals surface area contributed by atoms with Gasteiger partial charge < -0.3 is 10.2 Å². The number of aliphatic hydroxyl groups is 1. The predicted molar refractivity (Wildman–Crippen MR) is 164 cm³/mol. The first kappa shape index (κ1) is 30.6. The summed E-state index contributed by atoms with van der Waals surface area (Å²) in [5.74, 6) is -2.02. The van der Waals surface area contributed by atoms with Gasteiger partial charge in [0.2, 0.25) is 5.91 Å². The maximum Gasteiger partial charge on any atom is 0.354 e. The van der Waals surface area contributed by atoms with E-state index in [4.69, 9.17) is 0 Å². The molecule has 10 nitrogen and oxygen atoms in total. The number of likely N-dealkylation sites (tertiary alicyclic amines) is 1. The Balaban J connectivity index is 1.34. The molecule has 1 amide bonds. The maximum absolute atomic E-state index is 13.3. The van der Waals surface area contributed by atoms with Gasteiger partial charge in [0.05, 0.1) is 21.3 Å². The van der Waals surface area contributed by atoms with E-state index in [0.29, 0.717) is 35.1 Å². The Morgan fingerprint density at radius 2 is 1.88 bits per heavy atom. The van der Waals surface area contributed by atoms with E-state index in [-0.39, 0.29) is 28.5 Å². The number of carboxylic acid groups (broad SMARTS) is 1. The van der Waals surface area contributed by atoms with E-state index in [9.17, 15) is 34.7 Å². The zero-order chi connectivity index (χ0) is 30.2. The van der Waals surface area contributed by atoms with Gasteiger partial charge in [0, 0.05) is 41.8 Å². The smallest absolute Gasteiger partial charge is 0.354 e. The molecule has 3 aliphatic rings. The predicted octanol–water partition coefficient (Wildman–Crippen LogP) is 4.79. The summed E-state index contributed by atoms with van der Waals surface area (Å²) in [7, 11) is 0. The number of fused-ring (bicyclic) bond motifs is 1. The summed E-state index contributed by atoms with van der Waals surface area (Å²) >= 11 is 4.08. The summed E-state index contributed by atoms with van der Waals surface area (Å²) in [5.41, 5.74) is 1.33. The summed E-state index contributed by atoms with van der Waals surface area (Å²) in [4.78, 5) is 52.9. The molecule has 0 radical (unpaired) electrons. The standard InChI is InChI=1S/C29H31N3O7S3/c1-3-22(33)23-26(35)31-24(27(36)37)28(42-29(23,31)40-16-18-9-11-20(12-10-18)32(38)39)41-21-13-14-30(15-21)17(2)25(34)19-7-5-4-6-8-19/h4-12,17,21-23,33H,3,13-16H2,1-2H3,(H,36,37)/t17?,21?,22-,23+,29+/m0/s1. The highest BCUT2D eigenvalue weighted by molar-refractivity contribution is 8.29. The first-order valence-electron chi connectivity index (χ1n) is 13.6. The van der Waals surface area contributed by atoms with Crippen LogP contribution in [0.15, 0.2) is 64.5 Å². The Kier molecular flexibility index (Phi) is 9.05. The van der Waals surface area contributed by atoms with Gasteiger partial charge in [-0.25, -0.2) is 4.79 Å². The fraction of sp³-hybridized carbons (Fsp3) is 0.414. The first-order chi connectivity index (χ1) is 20.1. The Labute approximate surface area is 256 Å². The number of nitro groups is 1. The molecule has 5 rings (SSSR count). The van der Waals surface area contributed by atoms with Gasteiger partial charge in [-0.2, -0.15) is 0 Å². The van der Waals surface area contributed by atoms with Crippen LogP contribution in [0.1, 0.15) is 42.6 Å². The lowest BCUT2D eigenvalue weighted by molar-refractivity contribution is -0.384. The van der Waals surface area contributed by atoms with Crippen LogP contribution in [0, 0.1) is 16.0 Å². The lowest BCUT2D eigenvalue weighted by atomic mass is 9.89. The fourth-order valence-corrected chi connectivity index (χ4v) is 10.9. The number of benzene rings is 2. The highest BCUT2D eigenvalue weighted by atomic mass is 32.2. The molecule has 3 heterocycles. The number of nitrogens with zero attached hydrogens (tertiary/aromatic N) is 3. The second kappa shape index (κ2) is 12.4. The minimum absolute atomic E-state index is 0.0212. The number of β-lactam (4-membered cyclic amide) rings is 1. The number of amides is 1. The van der Waals surface area contributed by atoms with Crippen molar-refractivity contribution >= 4 is 58.6 Å². The van der Waals surface area contributed by atoms with Gasteiger partial charge in [0.25, 0.3) is 5.69 Å². The fourth-order valence-electron chi connectivity index (χ4n) is 5.52. The molecule has 2 unspecified atom stereocenters. The molecule has 3 aliphatic heterocycles. The van der Waals surface area contributed by atoms with Gasteiger partial charge in [-0.1, -0.05) is 61.2 Å². The molecule has 0 aromatic heterocycles. The molecular weight excluding hydrogens is 599 g/mol. The van der Waals surface area contributed by atoms with Crippen molar-refractivity contribution in [1.29, 1.82) is 0 Å². The molecule has 2 saturated heterocycles. The lowest BCUT2D eigenvalue weighted by Crippen LogP contribution is -2.68. The average molecular weight is 630 g/mol. The van der Waals surface area contributed by atoms with Crippen LogP contribution in [0.5, 0.6) is 0 Å². The Morgan fingerprint density at radius 3 is 2.50 bits per heavy atom. The van der Waals surface area contributed by atoms with Crippen molar-refractivity contribution in [2.45, 2.75) is 54.0 Å². The van der Waals surface area contributed by atoms with Crippen LogP contribution in [-0.2, 0) is 15.3 Å². The van der Waals surface area contributed by atoms with Gasteiger partial charge in [-0.3, -0.25) is 29.5 Å². The molecule has 5 atom stereocenters. The number of rotatable bonds is 12. The molecule has 13 heteroatoms. The third-order valence-electron chi connectivity index (χ3n) is 7.88. The van der Waals surface area contributed by atoms with E-state index in [0.717, 1.165) is 12.0 Å². The van der Waals surface area contributed by atoms with Crippen LogP contribution in [-0.4, -0.2) is 77.3 Å². The third-order valence-corrected chi connectivity index (χ3v) is 12.6. The van der Waals surface area contributed by atoms with Crippen LogP contribution >= 0.6 is 35.3 Å². The molecule has 0 aliphatic carbocycles. The molecule has 42 heavy (non-hydrogen) atoms. The third kappa shape index (κ3) is 5.60. The summed E-state index contributed by atoms with van der Waals surface area (Å²) in [6.07, 6.45) is 0.142. The highest BCUT2D eigenvalue weighted by Gasteiger charge is 2.69. The number of ketones is 1. The zero-order valence-electron chi connectivity index (χ0n) is 23.0. The van der Waals surface area contributed by atoms with Crippen molar-refractivity contribution in [2.24, 2.45) is 5.92 Å². The number of aliphatic hydroxyl groups excluding tert-OH is 1. The van der Waals surface area contributed by atoms with Crippen LogP contribution in [0.25, 0.3) is 0 Å². The first-order valence-corrected chi connectivity index (χ1v) is 16.3. The van der Waals surface area contributed by atoms with Crippen molar-refractivity contribution in [3.63, 3.8) is 0 Å².